The molecule has 0 saturated heterocycles. The van der Waals surface area contributed by atoms with E-state index in [9.17, 15) is 4.79 Å². The van der Waals surface area contributed by atoms with Gasteiger partial charge in [-0.3, -0.25) is 4.79 Å². The van der Waals surface area contributed by atoms with E-state index in [0.717, 1.165) is 54.3 Å². The first kappa shape index (κ1) is 15.3. The molecule has 7 nitrogen and oxygen atoms in total. The van der Waals surface area contributed by atoms with Crippen LogP contribution in [0.25, 0.3) is 22.1 Å². The Kier molecular flexibility index (Phi) is 4.03. The Morgan fingerprint density at radius 1 is 1.25 bits per heavy atom. The van der Waals surface area contributed by atoms with E-state index in [2.05, 4.69) is 20.3 Å². The SMILES string of the molecule is NCCN[C@H]1CC[C@H](n2c(=O)cnc3cnc4[nH]ccc4c32)CC1. The lowest BCUT2D eigenvalue weighted by atomic mass is 9.90. The third-order valence-corrected chi connectivity index (χ3v) is 4.97. The summed E-state index contributed by atoms with van der Waals surface area (Å²) in [6.07, 6.45) is 9.09. The van der Waals surface area contributed by atoms with E-state index >= 15 is 0 Å². The van der Waals surface area contributed by atoms with Gasteiger partial charge in [0.25, 0.3) is 5.56 Å². The van der Waals surface area contributed by atoms with Crippen molar-refractivity contribution in [2.45, 2.75) is 37.8 Å². The van der Waals surface area contributed by atoms with Gasteiger partial charge in [0.15, 0.2) is 0 Å². The summed E-state index contributed by atoms with van der Waals surface area (Å²) in [6, 6.07) is 2.68. The van der Waals surface area contributed by atoms with Crippen LogP contribution in [0.1, 0.15) is 31.7 Å². The molecule has 1 aliphatic carbocycles. The zero-order valence-electron chi connectivity index (χ0n) is 13.5. The summed E-state index contributed by atoms with van der Waals surface area (Å²) in [7, 11) is 0. The minimum Gasteiger partial charge on any atom is -0.346 e. The molecule has 0 amide bonds. The predicted molar refractivity (Wildman–Crippen MR) is 94.0 cm³/mol. The van der Waals surface area contributed by atoms with Crippen LogP contribution in [-0.2, 0) is 0 Å². The van der Waals surface area contributed by atoms with Crippen molar-refractivity contribution in [2.75, 3.05) is 13.1 Å². The first-order chi connectivity index (χ1) is 11.8. The van der Waals surface area contributed by atoms with Gasteiger partial charge in [0.2, 0.25) is 0 Å². The van der Waals surface area contributed by atoms with Crippen molar-refractivity contribution in [1.82, 2.24) is 24.8 Å². The summed E-state index contributed by atoms with van der Waals surface area (Å²) in [6.45, 7) is 1.51. The van der Waals surface area contributed by atoms with Crippen molar-refractivity contribution in [2.24, 2.45) is 5.73 Å². The summed E-state index contributed by atoms with van der Waals surface area (Å²) < 4.78 is 1.93. The number of aromatic nitrogens is 4. The van der Waals surface area contributed by atoms with Crippen molar-refractivity contribution in [1.29, 1.82) is 0 Å². The van der Waals surface area contributed by atoms with Crippen LogP contribution in [0.3, 0.4) is 0 Å². The maximum atomic E-state index is 12.6. The lowest BCUT2D eigenvalue weighted by molar-refractivity contribution is 0.293. The highest BCUT2D eigenvalue weighted by atomic mass is 16.1. The second-order valence-corrected chi connectivity index (χ2v) is 6.45. The fourth-order valence-corrected chi connectivity index (χ4v) is 3.82. The number of hydrogen-bond acceptors (Lipinski definition) is 5. The van der Waals surface area contributed by atoms with Gasteiger partial charge in [-0.1, -0.05) is 0 Å². The minimum absolute atomic E-state index is 0.0328. The number of rotatable bonds is 4. The molecule has 1 fully saturated rings. The van der Waals surface area contributed by atoms with Gasteiger partial charge in [-0.25, -0.2) is 9.97 Å². The van der Waals surface area contributed by atoms with Gasteiger partial charge in [0, 0.05) is 36.8 Å². The molecule has 0 spiro atoms. The number of nitrogens with zero attached hydrogens (tertiary/aromatic N) is 3. The average Bonchev–Trinajstić information content (AvgIpc) is 3.09. The molecule has 0 unspecified atom stereocenters. The normalized spacial score (nSPS) is 21.5. The third-order valence-electron chi connectivity index (χ3n) is 4.97. The zero-order valence-corrected chi connectivity index (χ0v) is 13.5. The van der Waals surface area contributed by atoms with Crippen LogP contribution in [0.15, 0.2) is 29.5 Å². The first-order valence-electron chi connectivity index (χ1n) is 8.54. The van der Waals surface area contributed by atoms with Crippen LogP contribution < -0.4 is 16.6 Å². The molecule has 7 heteroatoms. The van der Waals surface area contributed by atoms with Gasteiger partial charge in [-0.2, -0.15) is 0 Å². The van der Waals surface area contributed by atoms with Gasteiger partial charge in [-0.15, -0.1) is 0 Å². The highest BCUT2D eigenvalue weighted by Gasteiger charge is 2.24. The second-order valence-electron chi connectivity index (χ2n) is 6.45. The molecule has 0 bridgehead atoms. The Morgan fingerprint density at radius 2 is 2.08 bits per heavy atom. The van der Waals surface area contributed by atoms with E-state index in [-0.39, 0.29) is 11.6 Å². The quantitative estimate of drug-likeness (QED) is 0.671. The van der Waals surface area contributed by atoms with Crippen molar-refractivity contribution < 1.29 is 0 Å². The maximum Gasteiger partial charge on any atom is 0.269 e. The fraction of sp³-hybridized carbons (Fsp3) is 0.471. The maximum absolute atomic E-state index is 12.6. The smallest absolute Gasteiger partial charge is 0.269 e. The summed E-state index contributed by atoms with van der Waals surface area (Å²) >= 11 is 0. The van der Waals surface area contributed by atoms with E-state index in [1.165, 1.54) is 6.20 Å². The number of fused-ring (bicyclic) bond motifs is 3. The van der Waals surface area contributed by atoms with E-state index in [1.54, 1.807) is 6.20 Å². The van der Waals surface area contributed by atoms with Gasteiger partial charge in [0.05, 0.1) is 17.9 Å². The number of hydrogen-bond donors (Lipinski definition) is 3. The van der Waals surface area contributed by atoms with Gasteiger partial charge in [0.1, 0.15) is 11.2 Å². The zero-order chi connectivity index (χ0) is 16.5. The fourth-order valence-electron chi connectivity index (χ4n) is 3.82. The van der Waals surface area contributed by atoms with Crippen molar-refractivity contribution in [3.05, 3.63) is 35.0 Å². The van der Waals surface area contributed by atoms with Crippen LogP contribution in [0, 0.1) is 0 Å². The summed E-state index contributed by atoms with van der Waals surface area (Å²) in [5, 5.41) is 4.44. The van der Waals surface area contributed by atoms with Crippen molar-refractivity contribution >= 4 is 22.1 Å². The van der Waals surface area contributed by atoms with E-state index in [1.807, 2.05) is 16.8 Å². The van der Waals surface area contributed by atoms with Gasteiger partial charge in [-0.05, 0) is 31.7 Å². The summed E-state index contributed by atoms with van der Waals surface area (Å²) in [5.74, 6) is 0. The predicted octanol–water partition coefficient (Wildman–Crippen LogP) is 1.30. The lowest BCUT2D eigenvalue weighted by Gasteiger charge is -2.31. The van der Waals surface area contributed by atoms with Crippen molar-refractivity contribution in [3.8, 4) is 0 Å². The molecule has 1 aliphatic rings. The standard InChI is InChI=1S/C17H22N6O/c18-6-8-19-11-1-3-12(4-2-11)23-15(24)10-21-14-9-22-17-13(16(14)23)5-7-20-17/h5,7,9-12,19H,1-4,6,8,18H2,(H,20,22)/t11-,12-. The topological polar surface area (TPSA) is 102 Å². The molecule has 24 heavy (non-hydrogen) atoms. The van der Waals surface area contributed by atoms with Crippen LogP contribution in [0.2, 0.25) is 0 Å². The molecule has 4 N–H and O–H groups in total. The van der Waals surface area contributed by atoms with Crippen LogP contribution in [0.4, 0.5) is 0 Å². The molecule has 126 valence electrons. The van der Waals surface area contributed by atoms with Gasteiger partial charge >= 0.3 is 0 Å². The Balaban J connectivity index is 1.73. The number of aromatic amines is 1. The number of nitrogens with two attached hydrogens (primary N) is 1. The first-order valence-corrected chi connectivity index (χ1v) is 8.54. The number of pyridine rings is 1. The van der Waals surface area contributed by atoms with E-state index in [0.29, 0.717) is 12.6 Å². The van der Waals surface area contributed by atoms with Crippen LogP contribution >= 0.6 is 0 Å². The molecule has 3 aromatic rings. The Morgan fingerprint density at radius 3 is 2.88 bits per heavy atom. The Bertz CT molecular complexity index is 906. The van der Waals surface area contributed by atoms with Gasteiger partial charge < -0.3 is 20.6 Å². The molecule has 3 aromatic heterocycles. The highest BCUT2D eigenvalue weighted by molar-refractivity contribution is 6.00. The lowest BCUT2D eigenvalue weighted by Crippen LogP contribution is -2.38. The monoisotopic (exact) mass is 326 g/mol. The number of nitrogens with one attached hydrogen (secondary N) is 2. The average molecular weight is 326 g/mol. The minimum atomic E-state index is -0.0328. The molecule has 0 aromatic carbocycles. The molecule has 0 atom stereocenters. The highest BCUT2D eigenvalue weighted by Crippen LogP contribution is 2.31. The molecular weight excluding hydrogens is 304 g/mol. The molecule has 0 radical (unpaired) electrons. The molecule has 4 rings (SSSR count). The Labute approximate surface area is 139 Å². The van der Waals surface area contributed by atoms with E-state index in [4.69, 9.17) is 5.73 Å². The number of H-pyrrole nitrogens is 1. The molecule has 1 saturated carbocycles. The molecule has 3 heterocycles. The Hall–Kier alpha value is -2.25. The summed E-state index contributed by atoms with van der Waals surface area (Å²) in [5.41, 5.74) is 7.99. The molecular formula is C17H22N6O. The van der Waals surface area contributed by atoms with Crippen molar-refractivity contribution in [3.63, 3.8) is 0 Å². The largest absolute Gasteiger partial charge is 0.346 e. The van der Waals surface area contributed by atoms with E-state index < -0.39 is 0 Å². The molecule has 0 aliphatic heterocycles. The summed E-state index contributed by atoms with van der Waals surface area (Å²) in [4.78, 5) is 24.4. The second kappa shape index (κ2) is 6.33. The van der Waals surface area contributed by atoms with Crippen LogP contribution in [-0.4, -0.2) is 38.7 Å². The van der Waals surface area contributed by atoms with Crippen LogP contribution in [0.5, 0.6) is 0 Å². The third kappa shape index (κ3) is 2.59.